The second-order valence-electron chi connectivity index (χ2n) is 5.34. The molecule has 1 unspecified atom stereocenters. The number of rotatable bonds is 6. The van der Waals surface area contributed by atoms with Gasteiger partial charge in [-0.1, -0.05) is 0 Å². The number of carbonyl (C=O) groups excluding carboxylic acids is 1. The molecule has 0 N–H and O–H groups in total. The van der Waals surface area contributed by atoms with E-state index in [-0.39, 0.29) is 0 Å². The van der Waals surface area contributed by atoms with E-state index in [2.05, 4.69) is 23.9 Å². The number of nitrogens with zero attached hydrogens (tertiary/aromatic N) is 2. The molecular weight excluding hydrogens is 200 g/mol. The van der Waals surface area contributed by atoms with Gasteiger partial charge in [0.2, 0.25) is 0 Å². The zero-order valence-electron chi connectivity index (χ0n) is 11.0. The van der Waals surface area contributed by atoms with Gasteiger partial charge in [-0.05, 0) is 59.3 Å². The van der Waals surface area contributed by atoms with E-state index < -0.39 is 0 Å². The molecule has 0 spiro atoms. The monoisotopic (exact) mass is 226 g/mol. The summed E-state index contributed by atoms with van der Waals surface area (Å²) in [5.41, 5.74) is 0. The Morgan fingerprint density at radius 3 is 2.88 bits per heavy atom. The van der Waals surface area contributed by atoms with Crippen LogP contribution in [0, 0.1) is 5.92 Å². The van der Waals surface area contributed by atoms with Crippen LogP contribution < -0.4 is 0 Å². The van der Waals surface area contributed by atoms with Crippen molar-refractivity contribution in [1.29, 1.82) is 0 Å². The minimum Gasteiger partial charge on any atom is -0.306 e. The maximum atomic E-state index is 10.8. The molecule has 0 aromatic rings. The zero-order chi connectivity index (χ0) is 12.0. The lowest BCUT2D eigenvalue weighted by molar-refractivity contribution is -0.117. The van der Waals surface area contributed by atoms with Crippen LogP contribution >= 0.6 is 0 Å². The molecule has 0 aromatic carbocycles. The van der Waals surface area contributed by atoms with Crippen LogP contribution in [0.5, 0.6) is 0 Å². The first-order valence-electron chi connectivity index (χ1n) is 6.44. The number of piperidine rings is 1. The molecule has 1 aliphatic heterocycles. The van der Waals surface area contributed by atoms with Crippen LogP contribution in [0.25, 0.3) is 0 Å². The average molecular weight is 226 g/mol. The summed E-state index contributed by atoms with van der Waals surface area (Å²) in [6.45, 7) is 6.40. The average Bonchev–Trinajstić information content (AvgIpc) is 2.16. The highest BCUT2D eigenvalue weighted by Gasteiger charge is 2.18. The number of ketones is 1. The number of hydrogen-bond donors (Lipinski definition) is 0. The summed E-state index contributed by atoms with van der Waals surface area (Å²) >= 11 is 0. The highest BCUT2D eigenvalue weighted by Crippen LogP contribution is 2.15. The molecule has 16 heavy (non-hydrogen) atoms. The summed E-state index contributed by atoms with van der Waals surface area (Å²) in [6, 6.07) is 0. The highest BCUT2D eigenvalue weighted by atomic mass is 16.1. The Balaban J connectivity index is 2.12. The van der Waals surface area contributed by atoms with Crippen LogP contribution in [0.1, 0.15) is 32.6 Å². The normalized spacial score (nSPS) is 22.6. The smallest absolute Gasteiger partial charge is 0.129 e. The van der Waals surface area contributed by atoms with Crippen molar-refractivity contribution >= 4 is 5.78 Å². The lowest BCUT2D eigenvalue weighted by atomic mass is 9.98. The van der Waals surface area contributed by atoms with Gasteiger partial charge in [0.15, 0.2) is 0 Å². The second kappa shape index (κ2) is 7.02. The van der Waals surface area contributed by atoms with Crippen molar-refractivity contribution in [2.45, 2.75) is 32.6 Å². The summed E-state index contributed by atoms with van der Waals surface area (Å²) < 4.78 is 0. The van der Waals surface area contributed by atoms with Crippen molar-refractivity contribution in [3.8, 4) is 0 Å². The van der Waals surface area contributed by atoms with Crippen LogP contribution in [0.15, 0.2) is 0 Å². The number of hydrogen-bond acceptors (Lipinski definition) is 3. The Morgan fingerprint density at radius 2 is 2.25 bits per heavy atom. The third-order valence-corrected chi connectivity index (χ3v) is 3.36. The quantitative estimate of drug-likeness (QED) is 0.688. The molecule has 0 bridgehead atoms. The van der Waals surface area contributed by atoms with Crippen molar-refractivity contribution in [3.63, 3.8) is 0 Å². The minimum absolute atomic E-state index is 0.311. The topological polar surface area (TPSA) is 23.6 Å². The summed E-state index contributed by atoms with van der Waals surface area (Å²) in [6.07, 6.45) is 4.44. The number of Topliss-reactive ketones (excluding diaryl/α,β-unsaturated/α-hetero) is 1. The van der Waals surface area contributed by atoms with Gasteiger partial charge in [0.05, 0.1) is 0 Å². The van der Waals surface area contributed by atoms with Gasteiger partial charge >= 0.3 is 0 Å². The highest BCUT2D eigenvalue weighted by molar-refractivity contribution is 5.75. The minimum atomic E-state index is 0.311. The van der Waals surface area contributed by atoms with Gasteiger partial charge in [-0.15, -0.1) is 0 Å². The van der Waals surface area contributed by atoms with E-state index in [1.54, 1.807) is 6.92 Å². The molecule has 1 rings (SSSR count). The summed E-state index contributed by atoms with van der Waals surface area (Å²) in [5, 5.41) is 0. The molecule has 3 nitrogen and oxygen atoms in total. The zero-order valence-corrected chi connectivity index (χ0v) is 11.0. The molecule has 0 amide bonds. The van der Waals surface area contributed by atoms with Crippen molar-refractivity contribution in [2.75, 3.05) is 40.3 Å². The lowest BCUT2D eigenvalue weighted by Crippen LogP contribution is -2.38. The summed E-state index contributed by atoms with van der Waals surface area (Å²) in [7, 11) is 4.39. The fourth-order valence-electron chi connectivity index (χ4n) is 2.55. The maximum absolute atomic E-state index is 10.8. The summed E-state index contributed by atoms with van der Waals surface area (Å²) in [4.78, 5) is 15.6. The van der Waals surface area contributed by atoms with Gasteiger partial charge in [-0.2, -0.15) is 0 Å². The Kier molecular flexibility index (Phi) is 5.99. The molecule has 94 valence electrons. The van der Waals surface area contributed by atoms with E-state index in [0.717, 1.165) is 25.3 Å². The Hall–Kier alpha value is -0.410. The predicted octanol–water partition coefficient (Wildman–Crippen LogP) is 1.63. The summed E-state index contributed by atoms with van der Waals surface area (Å²) in [5.74, 6) is 1.13. The van der Waals surface area contributed by atoms with Crippen LogP contribution in [0.3, 0.4) is 0 Å². The second-order valence-corrected chi connectivity index (χ2v) is 5.34. The molecule has 0 saturated carbocycles. The van der Waals surface area contributed by atoms with Gasteiger partial charge in [0.25, 0.3) is 0 Å². The van der Waals surface area contributed by atoms with E-state index in [1.807, 2.05) is 0 Å². The molecule has 1 saturated heterocycles. The molecular formula is C13H26N2O. The predicted molar refractivity (Wildman–Crippen MR) is 67.6 cm³/mol. The van der Waals surface area contributed by atoms with E-state index in [4.69, 9.17) is 0 Å². The van der Waals surface area contributed by atoms with Gasteiger partial charge in [-0.3, -0.25) is 0 Å². The van der Waals surface area contributed by atoms with Gasteiger partial charge in [0.1, 0.15) is 5.78 Å². The van der Waals surface area contributed by atoms with Crippen LogP contribution in [0.2, 0.25) is 0 Å². The van der Waals surface area contributed by atoms with Crippen molar-refractivity contribution < 1.29 is 4.79 Å². The molecule has 0 aromatic heterocycles. The molecule has 1 atom stereocenters. The third kappa shape index (κ3) is 5.61. The fraction of sp³-hybridized carbons (Fsp3) is 0.923. The van der Waals surface area contributed by atoms with Crippen molar-refractivity contribution in [2.24, 2.45) is 5.92 Å². The van der Waals surface area contributed by atoms with Crippen LogP contribution in [-0.4, -0.2) is 55.9 Å². The van der Waals surface area contributed by atoms with Gasteiger partial charge in [0, 0.05) is 19.5 Å². The van der Waals surface area contributed by atoms with Gasteiger partial charge < -0.3 is 14.6 Å². The first-order chi connectivity index (χ1) is 7.58. The van der Waals surface area contributed by atoms with Crippen LogP contribution in [0.4, 0.5) is 0 Å². The fourth-order valence-corrected chi connectivity index (χ4v) is 2.55. The largest absolute Gasteiger partial charge is 0.306 e. The molecule has 0 radical (unpaired) electrons. The maximum Gasteiger partial charge on any atom is 0.129 e. The van der Waals surface area contributed by atoms with Gasteiger partial charge in [-0.25, -0.2) is 0 Å². The number of likely N-dealkylation sites (tertiary alicyclic amines) is 1. The Labute approximate surface area is 99.8 Å². The number of carbonyl (C=O) groups is 1. The molecule has 0 aliphatic carbocycles. The van der Waals surface area contributed by atoms with E-state index in [9.17, 15) is 4.79 Å². The van der Waals surface area contributed by atoms with E-state index in [0.29, 0.717) is 5.78 Å². The molecule has 1 aliphatic rings. The SMILES string of the molecule is CC(=O)CCCN(C)CC1CCCN(C)C1. The molecule has 1 fully saturated rings. The first kappa shape index (κ1) is 13.7. The lowest BCUT2D eigenvalue weighted by Gasteiger charge is -2.32. The van der Waals surface area contributed by atoms with E-state index >= 15 is 0 Å². The molecule has 3 heteroatoms. The van der Waals surface area contributed by atoms with Crippen LogP contribution in [-0.2, 0) is 4.79 Å². The first-order valence-corrected chi connectivity index (χ1v) is 6.44. The van der Waals surface area contributed by atoms with Crippen molar-refractivity contribution in [1.82, 2.24) is 9.80 Å². The van der Waals surface area contributed by atoms with Crippen molar-refractivity contribution in [3.05, 3.63) is 0 Å². The van der Waals surface area contributed by atoms with E-state index in [1.165, 1.54) is 32.5 Å². The third-order valence-electron chi connectivity index (χ3n) is 3.36. The Morgan fingerprint density at radius 1 is 1.50 bits per heavy atom. The molecule has 1 heterocycles. The Bertz CT molecular complexity index is 218. The standard InChI is InChI=1S/C13H26N2O/c1-12(16)6-4-8-14(2)10-13-7-5-9-15(3)11-13/h13H,4-11H2,1-3H3.